The Bertz CT molecular complexity index is 948. The van der Waals surface area contributed by atoms with E-state index < -0.39 is 11.6 Å². The molecule has 2 aromatic carbocycles. The molecule has 0 amide bonds. The van der Waals surface area contributed by atoms with E-state index in [4.69, 9.17) is 44.7 Å². The topological polar surface area (TPSA) is 62.1 Å². The number of nitrogens with zero attached hydrogens (tertiary/aromatic N) is 2. The average molecular weight is 440 g/mol. The smallest absolute Gasteiger partial charge is 0.310 e. The Morgan fingerprint density at radius 2 is 1.79 bits per heavy atom. The standard InChI is InChI=1S/C20H17Cl3N2O3/c1-20(13-6-15(21)18(23)16(22)7-13)8-17(24-28-20)11-2-4-14(5-3-11)25-9-12(10-25)19(26)27/h2-7,12H,8-10H2,1H3,(H,26,27). The number of halogens is 3. The van der Waals surface area contributed by atoms with E-state index in [1.165, 1.54) is 0 Å². The van der Waals surface area contributed by atoms with Crippen LogP contribution in [0.15, 0.2) is 41.6 Å². The molecule has 1 atom stereocenters. The number of anilines is 1. The third kappa shape index (κ3) is 3.43. The van der Waals surface area contributed by atoms with Crippen LogP contribution in [0, 0.1) is 5.92 Å². The molecule has 2 aliphatic heterocycles. The second kappa shape index (κ2) is 7.14. The van der Waals surface area contributed by atoms with Crippen LogP contribution in [0.2, 0.25) is 15.1 Å². The molecule has 8 heteroatoms. The average Bonchev–Trinajstić information content (AvgIpc) is 3.02. The molecule has 0 bridgehead atoms. The summed E-state index contributed by atoms with van der Waals surface area (Å²) in [4.78, 5) is 18.7. The van der Waals surface area contributed by atoms with Gasteiger partial charge in [0.05, 0.1) is 26.7 Å². The van der Waals surface area contributed by atoms with Crippen LogP contribution in [-0.4, -0.2) is 29.9 Å². The number of carboxylic acid groups (broad SMARTS) is 1. The molecule has 5 nitrogen and oxygen atoms in total. The van der Waals surface area contributed by atoms with Gasteiger partial charge in [0.2, 0.25) is 0 Å². The molecule has 1 unspecified atom stereocenters. The number of aliphatic carboxylic acids is 1. The summed E-state index contributed by atoms with van der Waals surface area (Å²) in [6, 6.07) is 11.4. The monoisotopic (exact) mass is 438 g/mol. The fraction of sp³-hybridized carbons (Fsp3) is 0.300. The summed E-state index contributed by atoms with van der Waals surface area (Å²) in [5, 5.41) is 14.3. The summed E-state index contributed by atoms with van der Waals surface area (Å²) in [6.45, 7) is 3.00. The molecule has 0 aliphatic carbocycles. The van der Waals surface area contributed by atoms with Gasteiger partial charge < -0.3 is 14.8 Å². The van der Waals surface area contributed by atoms with Gasteiger partial charge in [-0.15, -0.1) is 0 Å². The van der Waals surface area contributed by atoms with Crippen molar-refractivity contribution in [1.82, 2.24) is 0 Å². The van der Waals surface area contributed by atoms with Gasteiger partial charge in [0.15, 0.2) is 5.60 Å². The summed E-state index contributed by atoms with van der Waals surface area (Å²) < 4.78 is 0. The molecule has 0 spiro atoms. The van der Waals surface area contributed by atoms with Crippen molar-refractivity contribution in [2.75, 3.05) is 18.0 Å². The predicted molar refractivity (Wildman–Crippen MR) is 111 cm³/mol. The van der Waals surface area contributed by atoms with Crippen LogP contribution in [0.1, 0.15) is 24.5 Å². The van der Waals surface area contributed by atoms with Gasteiger partial charge >= 0.3 is 5.97 Å². The van der Waals surface area contributed by atoms with Gasteiger partial charge in [-0.05, 0) is 36.8 Å². The number of rotatable bonds is 4. The SMILES string of the molecule is CC1(c2cc(Cl)c(Cl)c(Cl)c2)CC(c2ccc(N3CC(C(=O)O)C3)cc2)=NO1. The molecule has 0 aromatic heterocycles. The largest absolute Gasteiger partial charge is 0.481 e. The van der Waals surface area contributed by atoms with E-state index in [1.807, 2.05) is 36.1 Å². The molecule has 1 N–H and O–H groups in total. The number of hydrogen-bond acceptors (Lipinski definition) is 4. The van der Waals surface area contributed by atoms with Crippen LogP contribution < -0.4 is 4.90 Å². The molecular weight excluding hydrogens is 423 g/mol. The summed E-state index contributed by atoms with van der Waals surface area (Å²) in [6.07, 6.45) is 0.561. The van der Waals surface area contributed by atoms with Crippen LogP contribution >= 0.6 is 34.8 Å². The second-order valence-corrected chi connectivity index (χ2v) is 8.47. The number of carboxylic acids is 1. The highest BCUT2D eigenvalue weighted by Crippen LogP contribution is 2.41. The molecule has 1 fully saturated rings. The minimum atomic E-state index is -0.743. The van der Waals surface area contributed by atoms with Gasteiger partial charge in [-0.3, -0.25) is 4.79 Å². The Morgan fingerprint density at radius 3 is 2.36 bits per heavy atom. The Hall–Kier alpha value is -1.95. The number of carbonyl (C=O) groups is 1. The first-order valence-electron chi connectivity index (χ1n) is 8.75. The first-order valence-corrected chi connectivity index (χ1v) is 9.88. The normalized spacial score (nSPS) is 21.9. The van der Waals surface area contributed by atoms with E-state index in [1.54, 1.807) is 12.1 Å². The van der Waals surface area contributed by atoms with E-state index in [0.717, 1.165) is 22.5 Å². The van der Waals surface area contributed by atoms with Crippen molar-refractivity contribution >= 4 is 52.2 Å². The first-order chi connectivity index (χ1) is 13.3. The highest BCUT2D eigenvalue weighted by molar-refractivity contribution is 6.48. The third-order valence-electron chi connectivity index (χ3n) is 5.25. The fourth-order valence-corrected chi connectivity index (χ4v) is 4.02. The van der Waals surface area contributed by atoms with Crippen LogP contribution in [0.5, 0.6) is 0 Å². The molecular formula is C20H17Cl3N2O3. The second-order valence-electron chi connectivity index (χ2n) is 7.28. The molecule has 2 heterocycles. The van der Waals surface area contributed by atoms with Gasteiger partial charge in [0, 0.05) is 30.8 Å². The van der Waals surface area contributed by atoms with Crippen LogP contribution in [0.25, 0.3) is 0 Å². The van der Waals surface area contributed by atoms with Crippen LogP contribution in [0.4, 0.5) is 5.69 Å². The fourth-order valence-electron chi connectivity index (χ4n) is 3.42. The lowest BCUT2D eigenvalue weighted by Crippen LogP contribution is -2.50. The maximum absolute atomic E-state index is 10.9. The molecule has 28 heavy (non-hydrogen) atoms. The van der Waals surface area contributed by atoms with Gasteiger partial charge in [0.25, 0.3) is 0 Å². The van der Waals surface area contributed by atoms with E-state index >= 15 is 0 Å². The molecule has 2 aliphatic rings. The molecule has 0 saturated carbocycles. The van der Waals surface area contributed by atoms with Crippen molar-refractivity contribution < 1.29 is 14.7 Å². The highest BCUT2D eigenvalue weighted by Gasteiger charge is 2.38. The summed E-state index contributed by atoms with van der Waals surface area (Å²) >= 11 is 18.4. The lowest BCUT2D eigenvalue weighted by Gasteiger charge is -2.38. The Labute approximate surface area is 177 Å². The summed E-state index contributed by atoms with van der Waals surface area (Å²) in [5.41, 5.74) is 2.90. The summed E-state index contributed by atoms with van der Waals surface area (Å²) in [7, 11) is 0. The van der Waals surface area contributed by atoms with E-state index in [0.29, 0.717) is 34.6 Å². The minimum absolute atomic E-state index is 0.286. The first kappa shape index (κ1) is 19.4. The zero-order chi connectivity index (χ0) is 20.1. The van der Waals surface area contributed by atoms with Crippen molar-refractivity contribution in [2.24, 2.45) is 11.1 Å². The van der Waals surface area contributed by atoms with E-state index in [-0.39, 0.29) is 5.92 Å². The van der Waals surface area contributed by atoms with E-state index in [9.17, 15) is 4.79 Å². The Balaban J connectivity index is 1.47. The Kier molecular flexibility index (Phi) is 4.94. The molecule has 4 rings (SSSR count). The van der Waals surface area contributed by atoms with Crippen LogP contribution in [0.3, 0.4) is 0 Å². The zero-order valence-corrected chi connectivity index (χ0v) is 17.2. The third-order valence-corrected chi connectivity index (χ3v) is 6.45. The molecule has 146 valence electrons. The van der Waals surface area contributed by atoms with Crippen molar-refractivity contribution in [1.29, 1.82) is 0 Å². The number of hydrogen-bond donors (Lipinski definition) is 1. The molecule has 1 saturated heterocycles. The van der Waals surface area contributed by atoms with Crippen molar-refractivity contribution in [3.8, 4) is 0 Å². The van der Waals surface area contributed by atoms with Crippen LogP contribution in [-0.2, 0) is 15.2 Å². The van der Waals surface area contributed by atoms with Gasteiger partial charge in [-0.2, -0.15) is 0 Å². The number of benzene rings is 2. The summed E-state index contributed by atoms with van der Waals surface area (Å²) in [5.74, 6) is -1.03. The maximum Gasteiger partial charge on any atom is 0.310 e. The maximum atomic E-state index is 10.9. The molecule has 0 radical (unpaired) electrons. The predicted octanol–water partition coefficient (Wildman–Crippen LogP) is 5.21. The van der Waals surface area contributed by atoms with Gasteiger partial charge in [0.1, 0.15) is 0 Å². The minimum Gasteiger partial charge on any atom is -0.481 e. The lowest BCUT2D eigenvalue weighted by molar-refractivity contribution is -0.142. The highest BCUT2D eigenvalue weighted by atomic mass is 35.5. The molecule has 2 aromatic rings. The van der Waals surface area contributed by atoms with Gasteiger partial charge in [-0.25, -0.2) is 0 Å². The lowest BCUT2D eigenvalue weighted by atomic mass is 9.89. The van der Waals surface area contributed by atoms with Crippen molar-refractivity contribution in [3.05, 3.63) is 62.6 Å². The number of oxime groups is 1. The van der Waals surface area contributed by atoms with Crippen molar-refractivity contribution in [2.45, 2.75) is 18.9 Å². The van der Waals surface area contributed by atoms with Gasteiger partial charge in [-0.1, -0.05) is 52.1 Å². The Morgan fingerprint density at radius 1 is 1.18 bits per heavy atom. The van der Waals surface area contributed by atoms with Crippen molar-refractivity contribution in [3.63, 3.8) is 0 Å². The quantitative estimate of drug-likeness (QED) is 0.665. The van der Waals surface area contributed by atoms with E-state index in [2.05, 4.69) is 5.16 Å². The zero-order valence-electron chi connectivity index (χ0n) is 15.0.